The lowest BCUT2D eigenvalue weighted by Crippen LogP contribution is -2.13. The lowest BCUT2D eigenvalue weighted by atomic mass is 10.0. The third-order valence-electron chi connectivity index (χ3n) is 3.61. The molecular weight excluding hydrogens is 274 g/mol. The van der Waals surface area contributed by atoms with Crippen molar-refractivity contribution in [2.24, 2.45) is 0 Å². The van der Waals surface area contributed by atoms with E-state index in [1.54, 1.807) is 7.11 Å². The van der Waals surface area contributed by atoms with Crippen LogP contribution in [0.15, 0.2) is 66.7 Å². The van der Waals surface area contributed by atoms with E-state index in [1.807, 2.05) is 66.7 Å². The fraction of sp³-hybridized carbons (Fsp3) is 0.105. The number of hydrogen-bond donors (Lipinski definition) is 1. The molecule has 22 heavy (non-hydrogen) atoms. The van der Waals surface area contributed by atoms with E-state index in [2.05, 4.69) is 5.32 Å². The van der Waals surface area contributed by atoms with Gasteiger partial charge in [-0.1, -0.05) is 36.4 Å². The average molecular weight is 291 g/mol. The Balaban J connectivity index is 1.69. The average Bonchev–Trinajstić information content (AvgIpc) is 2.59. The smallest absolute Gasteiger partial charge is 0.181 e. The summed E-state index contributed by atoms with van der Waals surface area (Å²) in [7, 11) is 1.63. The summed E-state index contributed by atoms with van der Waals surface area (Å²) < 4.78 is 5.11. The molecule has 0 aliphatic carbocycles. The summed E-state index contributed by atoms with van der Waals surface area (Å²) in [6.45, 7) is 0.269. The number of Topliss-reactive ketones (excluding diaryl/α,β-unsaturated/α-hetero) is 1. The molecule has 0 saturated heterocycles. The second-order valence-corrected chi connectivity index (χ2v) is 5.07. The summed E-state index contributed by atoms with van der Waals surface area (Å²) in [6.07, 6.45) is 0. The van der Waals surface area contributed by atoms with Crippen molar-refractivity contribution in [1.29, 1.82) is 0 Å². The van der Waals surface area contributed by atoms with E-state index in [1.165, 1.54) is 0 Å². The molecule has 3 heteroatoms. The molecule has 0 aliphatic rings. The third kappa shape index (κ3) is 3.09. The summed E-state index contributed by atoms with van der Waals surface area (Å²) in [6, 6.07) is 21.3. The molecule has 3 aromatic rings. The zero-order valence-electron chi connectivity index (χ0n) is 12.4. The van der Waals surface area contributed by atoms with Crippen molar-refractivity contribution in [2.45, 2.75) is 0 Å². The number of methoxy groups -OCH3 is 1. The first-order chi connectivity index (χ1) is 10.8. The zero-order chi connectivity index (χ0) is 15.4. The summed E-state index contributed by atoms with van der Waals surface area (Å²) in [5.74, 6) is 0.868. The molecule has 110 valence electrons. The third-order valence-corrected chi connectivity index (χ3v) is 3.61. The van der Waals surface area contributed by atoms with Gasteiger partial charge in [0.25, 0.3) is 0 Å². The maximum atomic E-state index is 12.3. The van der Waals surface area contributed by atoms with Crippen LogP contribution in [-0.2, 0) is 0 Å². The Morgan fingerprint density at radius 3 is 2.41 bits per heavy atom. The molecule has 0 amide bonds. The van der Waals surface area contributed by atoms with Crippen LogP contribution in [0, 0.1) is 0 Å². The van der Waals surface area contributed by atoms with Gasteiger partial charge in [0.1, 0.15) is 5.75 Å². The van der Waals surface area contributed by atoms with Gasteiger partial charge in [-0.15, -0.1) is 0 Å². The van der Waals surface area contributed by atoms with Crippen molar-refractivity contribution in [3.05, 3.63) is 72.3 Å². The van der Waals surface area contributed by atoms with E-state index in [9.17, 15) is 4.79 Å². The van der Waals surface area contributed by atoms with Gasteiger partial charge in [0.2, 0.25) is 0 Å². The molecule has 0 spiro atoms. The van der Waals surface area contributed by atoms with Crippen LogP contribution in [0.2, 0.25) is 0 Å². The van der Waals surface area contributed by atoms with Crippen LogP contribution in [0.4, 0.5) is 5.69 Å². The van der Waals surface area contributed by atoms with E-state index in [-0.39, 0.29) is 12.3 Å². The molecule has 0 bridgehead atoms. The van der Waals surface area contributed by atoms with E-state index >= 15 is 0 Å². The highest BCUT2D eigenvalue weighted by Crippen LogP contribution is 2.17. The Morgan fingerprint density at radius 1 is 0.955 bits per heavy atom. The number of nitrogens with one attached hydrogen (secondary N) is 1. The molecule has 3 nitrogen and oxygen atoms in total. The number of rotatable bonds is 5. The number of ether oxygens (including phenoxy) is 1. The second-order valence-electron chi connectivity index (χ2n) is 5.07. The fourth-order valence-corrected chi connectivity index (χ4v) is 2.36. The molecule has 0 unspecified atom stereocenters. The van der Waals surface area contributed by atoms with Gasteiger partial charge in [-0.05, 0) is 41.1 Å². The van der Waals surface area contributed by atoms with Gasteiger partial charge in [0.05, 0.1) is 13.7 Å². The standard InChI is InChI=1S/C19H17NO2/c1-22-18-10-8-17(9-11-18)20-13-19(21)16-7-6-14-4-2-3-5-15(14)12-16/h2-12,20H,13H2,1H3. The Bertz CT molecular complexity index is 794. The number of fused-ring (bicyclic) bond motifs is 1. The maximum absolute atomic E-state index is 12.3. The lowest BCUT2D eigenvalue weighted by molar-refractivity contribution is 0.101. The molecule has 0 fully saturated rings. The maximum Gasteiger partial charge on any atom is 0.181 e. The highest BCUT2D eigenvalue weighted by atomic mass is 16.5. The van der Waals surface area contributed by atoms with E-state index < -0.39 is 0 Å². The van der Waals surface area contributed by atoms with Crippen LogP contribution in [-0.4, -0.2) is 19.4 Å². The molecule has 0 heterocycles. The summed E-state index contributed by atoms with van der Waals surface area (Å²) >= 11 is 0. The van der Waals surface area contributed by atoms with E-state index in [4.69, 9.17) is 4.74 Å². The molecule has 3 aromatic carbocycles. The van der Waals surface area contributed by atoms with Crippen molar-refractivity contribution < 1.29 is 9.53 Å². The number of benzene rings is 3. The highest BCUT2D eigenvalue weighted by Gasteiger charge is 2.06. The van der Waals surface area contributed by atoms with Crippen LogP contribution >= 0.6 is 0 Å². The number of anilines is 1. The first-order valence-corrected chi connectivity index (χ1v) is 7.16. The molecule has 0 atom stereocenters. The van der Waals surface area contributed by atoms with Gasteiger partial charge in [0.15, 0.2) is 5.78 Å². The summed E-state index contributed by atoms with van der Waals surface area (Å²) in [5, 5.41) is 5.36. The second kappa shape index (κ2) is 6.31. The molecule has 0 radical (unpaired) electrons. The fourth-order valence-electron chi connectivity index (χ4n) is 2.36. The highest BCUT2D eigenvalue weighted by molar-refractivity contribution is 6.02. The molecule has 3 rings (SSSR count). The summed E-state index contributed by atoms with van der Waals surface area (Å²) in [4.78, 5) is 12.3. The van der Waals surface area contributed by atoms with Crippen LogP contribution in [0.1, 0.15) is 10.4 Å². The number of ketones is 1. The minimum atomic E-state index is 0.0709. The van der Waals surface area contributed by atoms with Crippen LogP contribution in [0.5, 0.6) is 5.75 Å². The Labute approximate surface area is 129 Å². The largest absolute Gasteiger partial charge is 0.497 e. The predicted molar refractivity (Wildman–Crippen MR) is 89.8 cm³/mol. The monoisotopic (exact) mass is 291 g/mol. The summed E-state index contributed by atoms with van der Waals surface area (Å²) in [5.41, 5.74) is 1.62. The van der Waals surface area contributed by atoms with Gasteiger partial charge in [-0.25, -0.2) is 0 Å². The van der Waals surface area contributed by atoms with Crippen molar-refractivity contribution >= 4 is 22.2 Å². The van der Waals surface area contributed by atoms with Gasteiger partial charge >= 0.3 is 0 Å². The Kier molecular flexibility index (Phi) is 4.05. The molecule has 0 aliphatic heterocycles. The first kappa shape index (κ1) is 14.1. The number of carbonyl (C=O) groups excluding carboxylic acids is 1. The molecular formula is C19H17NO2. The van der Waals surface area contributed by atoms with Gasteiger partial charge in [-0.2, -0.15) is 0 Å². The first-order valence-electron chi connectivity index (χ1n) is 7.16. The zero-order valence-corrected chi connectivity index (χ0v) is 12.4. The van der Waals surface area contributed by atoms with Crippen molar-refractivity contribution in [1.82, 2.24) is 0 Å². The number of hydrogen-bond acceptors (Lipinski definition) is 3. The van der Waals surface area contributed by atoms with Crippen LogP contribution in [0.3, 0.4) is 0 Å². The SMILES string of the molecule is COc1ccc(NCC(=O)c2ccc3ccccc3c2)cc1. The quantitative estimate of drug-likeness (QED) is 0.718. The van der Waals surface area contributed by atoms with Crippen molar-refractivity contribution in [2.75, 3.05) is 19.0 Å². The van der Waals surface area contributed by atoms with Gasteiger partial charge in [-0.3, -0.25) is 4.79 Å². The number of carbonyl (C=O) groups is 1. The van der Waals surface area contributed by atoms with Crippen molar-refractivity contribution in [3.63, 3.8) is 0 Å². The topological polar surface area (TPSA) is 38.3 Å². The molecule has 0 saturated carbocycles. The Hall–Kier alpha value is -2.81. The molecule has 0 aromatic heterocycles. The Morgan fingerprint density at radius 2 is 1.68 bits per heavy atom. The molecule has 1 N–H and O–H groups in total. The van der Waals surface area contributed by atoms with Crippen LogP contribution < -0.4 is 10.1 Å². The van der Waals surface area contributed by atoms with E-state index in [0.717, 1.165) is 27.8 Å². The van der Waals surface area contributed by atoms with E-state index in [0.29, 0.717) is 0 Å². The lowest BCUT2D eigenvalue weighted by Gasteiger charge is -2.07. The van der Waals surface area contributed by atoms with Crippen LogP contribution in [0.25, 0.3) is 10.8 Å². The minimum Gasteiger partial charge on any atom is -0.497 e. The normalized spacial score (nSPS) is 10.4. The minimum absolute atomic E-state index is 0.0709. The van der Waals surface area contributed by atoms with Gasteiger partial charge < -0.3 is 10.1 Å². The van der Waals surface area contributed by atoms with Gasteiger partial charge in [0, 0.05) is 11.3 Å². The predicted octanol–water partition coefficient (Wildman–Crippen LogP) is 4.14. The van der Waals surface area contributed by atoms with Crippen molar-refractivity contribution in [3.8, 4) is 5.75 Å².